The highest BCUT2D eigenvalue weighted by Crippen LogP contribution is 2.00. The summed E-state index contributed by atoms with van der Waals surface area (Å²) >= 11 is 0. The molecule has 0 bridgehead atoms. The molecule has 0 aliphatic rings. The highest BCUT2D eigenvalue weighted by atomic mass is 19.1. The fraction of sp³-hybridized carbons (Fsp3) is 0. The Bertz CT molecular complexity index is 692. The van der Waals surface area contributed by atoms with Crippen LogP contribution in [0.15, 0.2) is 40.2 Å². The van der Waals surface area contributed by atoms with E-state index in [9.17, 15) is 18.8 Å². The van der Waals surface area contributed by atoms with Gasteiger partial charge in [0.15, 0.2) is 0 Å². The van der Waals surface area contributed by atoms with Gasteiger partial charge in [0.2, 0.25) is 5.82 Å². The fourth-order valence-corrected chi connectivity index (χ4v) is 1.20. The number of hydrogen-bond acceptors (Lipinski definition) is 4. The van der Waals surface area contributed by atoms with Crippen molar-refractivity contribution in [3.8, 4) is 0 Å². The van der Waals surface area contributed by atoms with Crippen molar-refractivity contribution in [2.75, 3.05) is 5.32 Å². The van der Waals surface area contributed by atoms with Crippen molar-refractivity contribution in [2.45, 2.75) is 0 Å². The number of carbonyl (C=O) groups excluding carboxylic acids is 1. The third-order valence-corrected chi connectivity index (χ3v) is 2.02. The molecule has 0 spiro atoms. The van der Waals surface area contributed by atoms with Gasteiger partial charge in [-0.05, 0) is 12.1 Å². The number of hydrogen-bond donors (Lipinski definition) is 2. The number of aromatic nitrogens is 3. The maximum Gasteiger partial charge on any atom is 0.336 e. The van der Waals surface area contributed by atoms with Gasteiger partial charge in [-0.25, -0.2) is 19.1 Å². The van der Waals surface area contributed by atoms with E-state index < -0.39 is 23.1 Å². The molecule has 7 nitrogen and oxygen atoms in total. The summed E-state index contributed by atoms with van der Waals surface area (Å²) in [6, 6.07) is 3.83. The van der Waals surface area contributed by atoms with Crippen molar-refractivity contribution in [1.29, 1.82) is 0 Å². The zero-order valence-electron chi connectivity index (χ0n) is 8.88. The predicted molar refractivity (Wildman–Crippen MR) is 59.9 cm³/mol. The van der Waals surface area contributed by atoms with Gasteiger partial charge in [-0.3, -0.25) is 15.1 Å². The Labute approximate surface area is 98.9 Å². The molecule has 0 radical (unpaired) electrons. The number of amides is 1. The third kappa shape index (κ3) is 2.32. The summed E-state index contributed by atoms with van der Waals surface area (Å²) in [6.07, 6.45) is 1.95. The van der Waals surface area contributed by atoms with Gasteiger partial charge in [0, 0.05) is 6.20 Å². The highest BCUT2D eigenvalue weighted by molar-refractivity contribution is 5.89. The summed E-state index contributed by atoms with van der Waals surface area (Å²) in [5, 5.41) is 2.27. The lowest BCUT2D eigenvalue weighted by atomic mass is 10.5. The molecule has 0 aliphatic heterocycles. The lowest BCUT2D eigenvalue weighted by Gasteiger charge is -2.05. The van der Waals surface area contributed by atoms with E-state index in [4.69, 9.17) is 0 Å². The first-order valence-electron chi connectivity index (χ1n) is 4.82. The molecule has 2 heterocycles. The van der Waals surface area contributed by atoms with E-state index in [0.29, 0.717) is 10.8 Å². The molecule has 2 N–H and O–H groups in total. The van der Waals surface area contributed by atoms with E-state index in [1.54, 1.807) is 17.1 Å². The smallest absolute Gasteiger partial charge is 0.291 e. The molecule has 2 rings (SSSR count). The van der Waals surface area contributed by atoms with Gasteiger partial charge in [-0.2, -0.15) is 4.39 Å². The molecule has 92 valence electrons. The van der Waals surface area contributed by atoms with E-state index in [1.165, 1.54) is 12.3 Å². The van der Waals surface area contributed by atoms with E-state index >= 15 is 0 Å². The minimum Gasteiger partial charge on any atom is -0.291 e. The van der Waals surface area contributed by atoms with Gasteiger partial charge < -0.3 is 0 Å². The molecule has 0 unspecified atom stereocenters. The SMILES string of the molecule is O=C(Nc1ccccn1)n1cc(F)c(=O)[nH]c1=O. The molecule has 8 heteroatoms. The quantitative estimate of drug-likeness (QED) is 0.752. The van der Waals surface area contributed by atoms with Crippen molar-refractivity contribution < 1.29 is 9.18 Å². The summed E-state index contributed by atoms with van der Waals surface area (Å²) in [5.74, 6) is -1.04. The van der Waals surface area contributed by atoms with Crippen LogP contribution in [0.4, 0.5) is 15.0 Å². The average molecular weight is 250 g/mol. The summed E-state index contributed by atoms with van der Waals surface area (Å²) in [6.45, 7) is 0. The van der Waals surface area contributed by atoms with Crippen molar-refractivity contribution in [3.05, 3.63) is 57.2 Å². The lowest BCUT2D eigenvalue weighted by Crippen LogP contribution is -2.37. The van der Waals surface area contributed by atoms with Gasteiger partial charge in [0.25, 0.3) is 5.56 Å². The zero-order chi connectivity index (χ0) is 13.1. The molecule has 1 amide bonds. The van der Waals surface area contributed by atoms with Gasteiger partial charge in [0.05, 0.1) is 6.20 Å². The fourth-order valence-electron chi connectivity index (χ4n) is 1.20. The molecule has 0 atom stereocenters. The minimum atomic E-state index is -1.23. The molecule has 0 saturated carbocycles. The van der Waals surface area contributed by atoms with Crippen molar-refractivity contribution >= 4 is 11.8 Å². The topological polar surface area (TPSA) is 96.8 Å². The Balaban J connectivity index is 2.33. The largest absolute Gasteiger partial charge is 0.336 e. The molecule has 2 aromatic heterocycles. The minimum absolute atomic E-state index is 0.195. The lowest BCUT2D eigenvalue weighted by molar-refractivity contribution is 0.252. The molecular formula is C10H7FN4O3. The monoisotopic (exact) mass is 250 g/mol. The van der Waals surface area contributed by atoms with Gasteiger partial charge in [-0.15, -0.1) is 0 Å². The molecule has 0 aromatic carbocycles. The van der Waals surface area contributed by atoms with E-state index in [2.05, 4.69) is 10.3 Å². The Morgan fingerprint density at radius 2 is 2.17 bits per heavy atom. The van der Waals surface area contributed by atoms with Crippen LogP contribution in [-0.2, 0) is 0 Å². The van der Waals surface area contributed by atoms with E-state index in [1.807, 2.05) is 0 Å². The van der Waals surface area contributed by atoms with Crippen LogP contribution in [0, 0.1) is 5.82 Å². The number of carbonyl (C=O) groups is 1. The summed E-state index contributed by atoms with van der Waals surface area (Å²) < 4.78 is 13.4. The van der Waals surface area contributed by atoms with Crippen LogP contribution in [0.3, 0.4) is 0 Å². The number of H-pyrrole nitrogens is 1. The van der Waals surface area contributed by atoms with Crippen molar-refractivity contribution in [2.24, 2.45) is 0 Å². The molecule has 0 fully saturated rings. The standard InChI is InChI=1S/C10H7FN4O3/c11-6-5-15(10(18)14-8(6)16)9(17)13-7-3-1-2-4-12-7/h1-5H,(H,12,13,17)(H,14,16,18). The normalized spacial score (nSPS) is 10.1. The first-order chi connectivity index (χ1) is 8.58. The maximum atomic E-state index is 13.0. The summed E-state index contributed by atoms with van der Waals surface area (Å²) in [5.41, 5.74) is -2.21. The zero-order valence-corrected chi connectivity index (χ0v) is 8.88. The average Bonchev–Trinajstić information content (AvgIpc) is 2.35. The second-order valence-electron chi connectivity index (χ2n) is 3.25. The molecule has 0 saturated heterocycles. The predicted octanol–water partition coefficient (Wildman–Crippen LogP) is 0.151. The number of nitrogens with zero attached hydrogens (tertiary/aromatic N) is 2. The number of halogens is 1. The molecule has 18 heavy (non-hydrogen) atoms. The Kier molecular flexibility index (Phi) is 3.00. The van der Waals surface area contributed by atoms with Crippen LogP contribution >= 0.6 is 0 Å². The maximum absolute atomic E-state index is 13.0. The number of pyridine rings is 1. The highest BCUT2D eigenvalue weighted by Gasteiger charge is 2.11. The van der Waals surface area contributed by atoms with Crippen LogP contribution < -0.4 is 16.6 Å². The Hall–Kier alpha value is -2.77. The van der Waals surface area contributed by atoms with E-state index in [-0.39, 0.29) is 5.82 Å². The number of rotatable bonds is 1. The Morgan fingerprint density at radius 1 is 1.39 bits per heavy atom. The number of nitrogens with one attached hydrogen (secondary N) is 2. The van der Waals surface area contributed by atoms with Gasteiger partial charge in [0.1, 0.15) is 5.82 Å². The third-order valence-electron chi connectivity index (χ3n) is 2.02. The first-order valence-corrected chi connectivity index (χ1v) is 4.82. The van der Waals surface area contributed by atoms with Crippen LogP contribution in [0.5, 0.6) is 0 Å². The van der Waals surface area contributed by atoms with Crippen molar-refractivity contribution in [3.63, 3.8) is 0 Å². The first kappa shape index (κ1) is 11.7. The molecule has 0 aliphatic carbocycles. The van der Waals surface area contributed by atoms with Gasteiger partial charge >= 0.3 is 11.7 Å². The van der Waals surface area contributed by atoms with Gasteiger partial charge in [-0.1, -0.05) is 6.07 Å². The van der Waals surface area contributed by atoms with Crippen LogP contribution in [0.25, 0.3) is 0 Å². The molecule has 2 aromatic rings. The van der Waals surface area contributed by atoms with Crippen LogP contribution in [0.1, 0.15) is 0 Å². The second-order valence-corrected chi connectivity index (χ2v) is 3.25. The second kappa shape index (κ2) is 4.62. The van der Waals surface area contributed by atoms with Crippen LogP contribution in [0.2, 0.25) is 0 Å². The van der Waals surface area contributed by atoms with E-state index in [0.717, 1.165) is 0 Å². The van der Waals surface area contributed by atoms with Crippen LogP contribution in [-0.4, -0.2) is 20.6 Å². The summed E-state index contributed by atoms with van der Waals surface area (Å²) in [4.78, 5) is 39.2. The number of aromatic amines is 1. The summed E-state index contributed by atoms with van der Waals surface area (Å²) in [7, 11) is 0. The van der Waals surface area contributed by atoms with Crippen molar-refractivity contribution in [1.82, 2.24) is 14.5 Å². The Morgan fingerprint density at radius 3 is 2.83 bits per heavy atom. The molecular weight excluding hydrogens is 243 g/mol. The number of anilines is 1.